The highest BCUT2D eigenvalue weighted by Crippen LogP contribution is 2.07. The number of nitrogens with one attached hydrogen (secondary N) is 1. The van der Waals surface area contributed by atoms with Crippen molar-refractivity contribution in [2.24, 2.45) is 0 Å². The summed E-state index contributed by atoms with van der Waals surface area (Å²) >= 11 is 0. The van der Waals surface area contributed by atoms with Gasteiger partial charge < -0.3 is 10.2 Å². The zero-order chi connectivity index (χ0) is 13.8. The Morgan fingerprint density at radius 3 is 2.42 bits per heavy atom. The molecule has 0 radical (unpaired) electrons. The Kier molecular flexibility index (Phi) is 7.88. The fourth-order valence-electron chi connectivity index (χ4n) is 2.16. The number of piperazine rings is 1. The number of rotatable bonds is 5. The third-order valence-corrected chi connectivity index (χ3v) is 5.14. The minimum atomic E-state index is -3.47. The summed E-state index contributed by atoms with van der Waals surface area (Å²) in [6, 6.07) is 0.0538. The number of hydrogen-bond acceptors (Lipinski definition) is 4. The fraction of sp³-hybridized carbons (Fsp3) is 0.909. The van der Waals surface area contributed by atoms with E-state index in [1.54, 1.807) is 18.7 Å². The Balaban J connectivity index is 0.00000324. The monoisotopic (exact) mass is 313 g/mol. The number of carbonyl (C=O) groups is 1. The molecule has 0 aliphatic carbocycles. The van der Waals surface area contributed by atoms with Crippen LogP contribution in [0.5, 0.6) is 0 Å². The van der Waals surface area contributed by atoms with E-state index in [0.717, 1.165) is 13.1 Å². The van der Waals surface area contributed by atoms with Crippen molar-refractivity contribution in [2.75, 3.05) is 38.5 Å². The molecule has 114 valence electrons. The summed E-state index contributed by atoms with van der Waals surface area (Å²) in [5, 5.41) is 3.17. The molecule has 0 spiro atoms. The lowest BCUT2D eigenvalue weighted by molar-refractivity contribution is -0.131. The average molecular weight is 314 g/mol. The van der Waals surface area contributed by atoms with Crippen LogP contribution in [0.3, 0.4) is 0 Å². The molecule has 1 atom stereocenters. The molecule has 0 aromatic heterocycles. The largest absolute Gasteiger partial charge is 0.337 e. The van der Waals surface area contributed by atoms with Crippen LogP contribution in [0.25, 0.3) is 0 Å². The lowest BCUT2D eigenvalue weighted by Gasteiger charge is -2.34. The summed E-state index contributed by atoms with van der Waals surface area (Å²) in [6.07, 6.45) is 0. The Morgan fingerprint density at radius 2 is 1.95 bits per heavy atom. The van der Waals surface area contributed by atoms with Crippen LogP contribution >= 0.6 is 12.4 Å². The van der Waals surface area contributed by atoms with Gasteiger partial charge in [-0.1, -0.05) is 13.8 Å². The van der Waals surface area contributed by atoms with Gasteiger partial charge in [-0.2, -0.15) is 0 Å². The van der Waals surface area contributed by atoms with E-state index in [4.69, 9.17) is 0 Å². The van der Waals surface area contributed by atoms with Crippen LogP contribution in [-0.2, 0) is 14.8 Å². The normalized spacial score (nSPS) is 20.2. The molecule has 1 unspecified atom stereocenters. The molecule has 1 rings (SSSR count). The molecule has 0 aromatic rings. The average Bonchev–Trinajstić information content (AvgIpc) is 2.29. The summed E-state index contributed by atoms with van der Waals surface area (Å²) in [5.74, 6) is -0.713. The molecule has 6 nitrogen and oxygen atoms in total. The molecule has 0 bridgehead atoms. The third-order valence-electron chi connectivity index (χ3n) is 3.23. The van der Waals surface area contributed by atoms with E-state index in [1.807, 2.05) is 6.92 Å². The van der Waals surface area contributed by atoms with Crippen molar-refractivity contribution in [3.05, 3.63) is 0 Å². The summed E-state index contributed by atoms with van der Waals surface area (Å²) in [7, 11) is -3.47. The van der Waals surface area contributed by atoms with E-state index in [2.05, 4.69) is 5.32 Å². The lowest BCUT2D eigenvalue weighted by atomic mass is 10.2. The van der Waals surface area contributed by atoms with Gasteiger partial charge >= 0.3 is 0 Å². The topological polar surface area (TPSA) is 69.7 Å². The van der Waals surface area contributed by atoms with Gasteiger partial charge in [0, 0.05) is 38.8 Å². The Bertz CT molecular complexity index is 385. The number of amides is 1. The standard InChI is InChI=1S/C11H23N3O3S.ClH/c1-4-13(5-2)18(16,17)9-11(15)14-7-6-12-8-10(14)3;/h10,12H,4-9H2,1-3H3;1H. The maximum Gasteiger partial charge on any atom is 0.239 e. The van der Waals surface area contributed by atoms with Gasteiger partial charge in [0.1, 0.15) is 5.75 Å². The van der Waals surface area contributed by atoms with Crippen molar-refractivity contribution in [3.63, 3.8) is 0 Å². The van der Waals surface area contributed by atoms with Crippen LogP contribution in [0.1, 0.15) is 20.8 Å². The number of hydrogen-bond donors (Lipinski definition) is 1. The molecule has 1 aliphatic heterocycles. The van der Waals surface area contributed by atoms with Crippen LogP contribution < -0.4 is 5.32 Å². The first-order valence-corrected chi connectivity index (χ1v) is 8.01. The van der Waals surface area contributed by atoms with Gasteiger partial charge in [-0.3, -0.25) is 4.79 Å². The summed E-state index contributed by atoms with van der Waals surface area (Å²) in [5.41, 5.74) is 0. The number of sulfonamides is 1. The first-order valence-electron chi connectivity index (χ1n) is 6.40. The van der Waals surface area contributed by atoms with E-state index in [0.29, 0.717) is 19.6 Å². The van der Waals surface area contributed by atoms with Gasteiger partial charge in [0.05, 0.1) is 0 Å². The molecule has 0 saturated carbocycles. The summed E-state index contributed by atoms with van der Waals surface area (Å²) < 4.78 is 25.4. The van der Waals surface area contributed by atoms with Crippen LogP contribution in [0.2, 0.25) is 0 Å². The van der Waals surface area contributed by atoms with Crippen LogP contribution in [0, 0.1) is 0 Å². The van der Waals surface area contributed by atoms with Gasteiger partial charge in [-0.25, -0.2) is 12.7 Å². The number of carbonyl (C=O) groups excluding carboxylic acids is 1. The lowest BCUT2D eigenvalue weighted by Crippen LogP contribution is -2.54. The van der Waals surface area contributed by atoms with Crippen molar-refractivity contribution >= 4 is 28.3 Å². The molecule has 1 amide bonds. The van der Waals surface area contributed by atoms with E-state index in [9.17, 15) is 13.2 Å². The Morgan fingerprint density at radius 1 is 1.37 bits per heavy atom. The molecule has 1 N–H and O–H groups in total. The molecular formula is C11H24ClN3O3S. The van der Waals surface area contributed by atoms with Crippen LogP contribution in [0.4, 0.5) is 0 Å². The summed E-state index contributed by atoms with van der Waals surface area (Å²) in [6.45, 7) is 8.31. The van der Waals surface area contributed by atoms with E-state index in [1.165, 1.54) is 4.31 Å². The maximum atomic E-state index is 12.1. The number of halogens is 1. The van der Waals surface area contributed by atoms with E-state index < -0.39 is 15.8 Å². The van der Waals surface area contributed by atoms with Crippen molar-refractivity contribution in [1.82, 2.24) is 14.5 Å². The minimum Gasteiger partial charge on any atom is -0.337 e. The predicted molar refractivity (Wildman–Crippen MR) is 78.0 cm³/mol. The molecule has 0 aromatic carbocycles. The molecule has 1 heterocycles. The van der Waals surface area contributed by atoms with Gasteiger partial charge in [0.25, 0.3) is 0 Å². The second kappa shape index (κ2) is 8.04. The molecule has 1 saturated heterocycles. The minimum absolute atomic E-state index is 0. The third kappa shape index (κ3) is 4.91. The van der Waals surface area contributed by atoms with Gasteiger partial charge in [-0.05, 0) is 6.92 Å². The summed E-state index contributed by atoms with van der Waals surface area (Å²) in [4.78, 5) is 13.7. The van der Waals surface area contributed by atoms with E-state index >= 15 is 0 Å². The molecule has 19 heavy (non-hydrogen) atoms. The highest BCUT2D eigenvalue weighted by molar-refractivity contribution is 7.89. The molecule has 1 aliphatic rings. The van der Waals surface area contributed by atoms with Gasteiger partial charge in [0.15, 0.2) is 0 Å². The maximum absolute atomic E-state index is 12.1. The van der Waals surface area contributed by atoms with Crippen molar-refractivity contribution in [3.8, 4) is 0 Å². The predicted octanol–water partition coefficient (Wildman–Crippen LogP) is -0.0999. The zero-order valence-corrected chi connectivity index (χ0v) is 13.4. The SMILES string of the molecule is CCN(CC)S(=O)(=O)CC(=O)N1CCNCC1C.Cl. The second-order valence-electron chi connectivity index (χ2n) is 4.48. The van der Waals surface area contributed by atoms with Gasteiger partial charge in [-0.15, -0.1) is 12.4 Å². The molecule has 8 heteroatoms. The van der Waals surface area contributed by atoms with Gasteiger partial charge in [0.2, 0.25) is 15.9 Å². The number of nitrogens with zero attached hydrogens (tertiary/aromatic N) is 2. The van der Waals surface area contributed by atoms with Crippen molar-refractivity contribution in [2.45, 2.75) is 26.8 Å². The highest BCUT2D eigenvalue weighted by atomic mass is 35.5. The Hall–Kier alpha value is -0.370. The molecule has 1 fully saturated rings. The quantitative estimate of drug-likeness (QED) is 0.769. The smallest absolute Gasteiger partial charge is 0.239 e. The van der Waals surface area contributed by atoms with Crippen LogP contribution in [0.15, 0.2) is 0 Å². The zero-order valence-electron chi connectivity index (χ0n) is 11.8. The van der Waals surface area contributed by atoms with Crippen LogP contribution in [-0.4, -0.2) is 68.0 Å². The first kappa shape index (κ1) is 18.6. The van der Waals surface area contributed by atoms with Crippen molar-refractivity contribution in [1.29, 1.82) is 0 Å². The van der Waals surface area contributed by atoms with Crippen molar-refractivity contribution < 1.29 is 13.2 Å². The fourth-order valence-corrected chi connectivity index (χ4v) is 3.61. The first-order chi connectivity index (χ1) is 8.42. The highest BCUT2D eigenvalue weighted by Gasteiger charge is 2.29. The van der Waals surface area contributed by atoms with E-state index in [-0.39, 0.29) is 24.4 Å². The Labute approximate surface area is 122 Å². The molecular weight excluding hydrogens is 290 g/mol. The second-order valence-corrected chi connectivity index (χ2v) is 6.45.